The van der Waals surface area contributed by atoms with Crippen molar-refractivity contribution >= 4 is 34.0 Å². The zero-order chi connectivity index (χ0) is 20.5. The van der Waals surface area contributed by atoms with Crippen molar-refractivity contribution in [2.45, 2.75) is 18.8 Å². The van der Waals surface area contributed by atoms with Gasteiger partial charge in [0, 0.05) is 17.7 Å². The van der Waals surface area contributed by atoms with E-state index >= 15 is 0 Å². The highest BCUT2D eigenvalue weighted by molar-refractivity contribution is 6.09. The molecule has 2 aromatic heterocycles. The zero-order valence-corrected chi connectivity index (χ0v) is 16.3. The Bertz CT molecular complexity index is 1270. The molecule has 30 heavy (non-hydrogen) atoms. The number of urea groups is 1. The maximum absolute atomic E-state index is 12.5. The lowest BCUT2D eigenvalue weighted by Crippen LogP contribution is -2.28. The lowest BCUT2D eigenvalue weighted by Gasteiger charge is -2.23. The standard InChI is InChI=1S/C22H22N6O2/c29-19-13-18(14-9-11-23-12-10-14)28-21(26-19)20-16(7-4-8-17(20)27-28)25-22(30)24-15-5-2-1-3-6-15/h1-8,13-14,23H,9-12H2,(H,26,29)(H2,24,25,30). The van der Waals surface area contributed by atoms with Crippen LogP contribution >= 0.6 is 0 Å². The quantitative estimate of drug-likeness (QED) is 0.422. The number of aromatic nitrogens is 3. The normalized spacial score (nSPS) is 14.8. The fraction of sp³-hybridized carbons (Fsp3) is 0.227. The van der Waals surface area contributed by atoms with Gasteiger partial charge in [0.25, 0.3) is 5.56 Å². The molecule has 1 aliphatic heterocycles. The molecule has 1 saturated heterocycles. The summed E-state index contributed by atoms with van der Waals surface area (Å²) in [4.78, 5) is 27.9. The largest absolute Gasteiger partial charge is 0.323 e. The number of benzene rings is 2. The first kappa shape index (κ1) is 18.4. The van der Waals surface area contributed by atoms with E-state index in [2.05, 4.69) is 20.9 Å². The summed E-state index contributed by atoms with van der Waals surface area (Å²) in [5.74, 6) is 0.267. The van der Waals surface area contributed by atoms with Crippen molar-refractivity contribution < 1.29 is 4.79 Å². The Hall–Kier alpha value is -3.65. The van der Waals surface area contributed by atoms with Gasteiger partial charge < -0.3 is 20.9 Å². The Labute approximate surface area is 172 Å². The number of para-hydroxylation sites is 1. The molecule has 0 unspecified atom stereocenters. The fourth-order valence-electron chi connectivity index (χ4n) is 4.11. The summed E-state index contributed by atoms with van der Waals surface area (Å²) in [5, 5.41) is 14.5. The molecule has 1 fully saturated rings. The average molecular weight is 402 g/mol. The molecule has 5 rings (SSSR count). The number of nitrogens with one attached hydrogen (secondary N) is 4. The molecular formula is C22H22N6O2. The van der Waals surface area contributed by atoms with E-state index in [0.29, 0.717) is 27.9 Å². The molecule has 4 N–H and O–H groups in total. The van der Waals surface area contributed by atoms with Crippen LogP contribution in [-0.2, 0) is 0 Å². The number of piperidine rings is 1. The fourth-order valence-corrected chi connectivity index (χ4v) is 4.11. The molecule has 2 aromatic carbocycles. The highest BCUT2D eigenvalue weighted by Crippen LogP contribution is 2.30. The molecule has 4 aromatic rings. The van der Waals surface area contributed by atoms with Crippen molar-refractivity contribution in [1.82, 2.24) is 19.9 Å². The minimum atomic E-state index is -0.357. The summed E-state index contributed by atoms with van der Waals surface area (Å²) in [7, 11) is 0. The third-order valence-electron chi connectivity index (χ3n) is 5.50. The first-order valence-corrected chi connectivity index (χ1v) is 10.1. The summed E-state index contributed by atoms with van der Waals surface area (Å²) in [6, 6.07) is 16.1. The van der Waals surface area contributed by atoms with Gasteiger partial charge in [-0.15, -0.1) is 0 Å². The first-order chi connectivity index (χ1) is 14.7. The van der Waals surface area contributed by atoms with E-state index in [1.165, 1.54) is 0 Å². The van der Waals surface area contributed by atoms with Crippen LogP contribution in [0.25, 0.3) is 16.6 Å². The van der Waals surface area contributed by atoms with Gasteiger partial charge in [-0.3, -0.25) is 4.79 Å². The van der Waals surface area contributed by atoms with Crippen molar-refractivity contribution in [2.24, 2.45) is 0 Å². The van der Waals surface area contributed by atoms with Gasteiger partial charge in [0.15, 0.2) is 0 Å². The van der Waals surface area contributed by atoms with E-state index in [4.69, 9.17) is 5.10 Å². The van der Waals surface area contributed by atoms with Gasteiger partial charge in [-0.1, -0.05) is 24.3 Å². The number of fused-ring (bicyclic) bond motifs is 3. The Morgan fingerprint density at radius 2 is 1.83 bits per heavy atom. The Morgan fingerprint density at radius 1 is 1.03 bits per heavy atom. The van der Waals surface area contributed by atoms with Crippen molar-refractivity contribution in [3.8, 4) is 0 Å². The maximum Gasteiger partial charge on any atom is 0.323 e. The van der Waals surface area contributed by atoms with Crippen LogP contribution in [0, 0.1) is 0 Å². The second-order valence-corrected chi connectivity index (χ2v) is 7.49. The van der Waals surface area contributed by atoms with Crippen molar-refractivity contribution in [3.63, 3.8) is 0 Å². The second-order valence-electron chi connectivity index (χ2n) is 7.49. The topological polar surface area (TPSA) is 103 Å². The number of amides is 2. The van der Waals surface area contributed by atoms with Crippen LogP contribution in [-0.4, -0.2) is 33.7 Å². The average Bonchev–Trinajstić information content (AvgIpc) is 3.14. The van der Waals surface area contributed by atoms with Crippen molar-refractivity contribution in [2.75, 3.05) is 23.7 Å². The predicted molar refractivity (Wildman–Crippen MR) is 117 cm³/mol. The monoisotopic (exact) mass is 402 g/mol. The van der Waals surface area contributed by atoms with Crippen LogP contribution in [0.3, 0.4) is 0 Å². The minimum Gasteiger partial charge on any atom is -0.317 e. The van der Waals surface area contributed by atoms with Crippen LogP contribution in [0.1, 0.15) is 24.5 Å². The molecular weight excluding hydrogens is 380 g/mol. The van der Waals surface area contributed by atoms with E-state index < -0.39 is 0 Å². The third kappa shape index (κ3) is 3.42. The Balaban J connectivity index is 1.57. The summed E-state index contributed by atoms with van der Waals surface area (Å²) in [6.07, 6.45) is 1.92. The molecule has 2 amide bonds. The summed E-state index contributed by atoms with van der Waals surface area (Å²) >= 11 is 0. The molecule has 1 aliphatic rings. The van der Waals surface area contributed by atoms with E-state index in [-0.39, 0.29) is 17.5 Å². The van der Waals surface area contributed by atoms with Gasteiger partial charge in [-0.2, -0.15) is 5.10 Å². The number of carbonyl (C=O) groups excluding carboxylic acids is 1. The smallest absolute Gasteiger partial charge is 0.317 e. The Kier molecular flexibility index (Phi) is 4.68. The third-order valence-corrected chi connectivity index (χ3v) is 5.50. The molecule has 0 radical (unpaired) electrons. The van der Waals surface area contributed by atoms with Crippen molar-refractivity contribution in [1.29, 1.82) is 0 Å². The highest BCUT2D eigenvalue weighted by Gasteiger charge is 2.21. The van der Waals surface area contributed by atoms with Crippen LogP contribution in [0.5, 0.6) is 0 Å². The van der Waals surface area contributed by atoms with Gasteiger partial charge in [0.2, 0.25) is 0 Å². The number of rotatable bonds is 3. The molecule has 3 heterocycles. The SMILES string of the molecule is O=C(Nc1ccccc1)Nc1cccc2nn3c(C4CCNCC4)cc(=O)[nH]c3c12. The molecule has 0 aliphatic carbocycles. The number of anilines is 2. The first-order valence-electron chi connectivity index (χ1n) is 10.1. The maximum atomic E-state index is 12.5. The number of nitrogens with zero attached hydrogens (tertiary/aromatic N) is 2. The van der Waals surface area contributed by atoms with E-state index in [9.17, 15) is 9.59 Å². The summed E-state index contributed by atoms with van der Waals surface area (Å²) in [6.45, 7) is 1.85. The molecule has 0 bridgehead atoms. The summed E-state index contributed by atoms with van der Waals surface area (Å²) in [5.41, 5.74) is 3.34. The minimum absolute atomic E-state index is 0.165. The molecule has 0 atom stereocenters. The van der Waals surface area contributed by atoms with Crippen LogP contribution < -0.4 is 21.5 Å². The second kappa shape index (κ2) is 7.64. The van der Waals surface area contributed by atoms with E-state index in [1.54, 1.807) is 6.07 Å². The molecule has 8 heteroatoms. The molecule has 152 valence electrons. The number of hydrogen-bond acceptors (Lipinski definition) is 4. The van der Waals surface area contributed by atoms with Crippen LogP contribution in [0.2, 0.25) is 0 Å². The Morgan fingerprint density at radius 3 is 2.63 bits per heavy atom. The van der Waals surface area contributed by atoms with Crippen molar-refractivity contribution in [3.05, 3.63) is 70.6 Å². The lowest BCUT2D eigenvalue weighted by molar-refractivity contribution is 0.262. The molecule has 8 nitrogen and oxygen atoms in total. The predicted octanol–water partition coefficient (Wildman–Crippen LogP) is 3.29. The number of aromatic amines is 1. The zero-order valence-electron chi connectivity index (χ0n) is 16.3. The lowest BCUT2D eigenvalue weighted by atomic mass is 9.94. The van der Waals surface area contributed by atoms with Gasteiger partial charge in [0.05, 0.1) is 22.3 Å². The number of carbonyl (C=O) groups is 1. The number of H-pyrrole nitrogens is 1. The number of hydrogen-bond donors (Lipinski definition) is 4. The van der Waals surface area contributed by atoms with E-state index in [1.807, 2.05) is 53.0 Å². The van der Waals surface area contributed by atoms with Gasteiger partial charge in [-0.25, -0.2) is 9.31 Å². The molecule has 0 spiro atoms. The van der Waals surface area contributed by atoms with Crippen LogP contribution in [0.4, 0.5) is 16.2 Å². The highest BCUT2D eigenvalue weighted by atomic mass is 16.2. The van der Waals surface area contributed by atoms with E-state index in [0.717, 1.165) is 31.6 Å². The summed E-state index contributed by atoms with van der Waals surface area (Å²) < 4.78 is 1.82. The van der Waals surface area contributed by atoms with Crippen LogP contribution in [0.15, 0.2) is 59.4 Å². The molecule has 0 saturated carbocycles. The van der Waals surface area contributed by atoms with Gasteiger partial charge >= 0.3 is 6.03 Å². The van der Waals surface area contributed by atoms with Gasteiger partial charge in [-0.05, 0) is 50.2 Å². The van der Waals surface area contributed by atoms with Gasteiger partial charge in [0.1, 0.15) is 5.65 Å².